The number of anilines is 1. The molecule has 0 aliphatic rings. The van der Waals surface area contributed by atoms with Gasteiger partial charge in [-0.2, -0.15) is 0 Å². The number of nitrogens with one attached hydrogen (secondary N) is 1. The van der Waals surface area contributed by atoms with Gasteiger partial charge in [-0.15, -0.1) is 0 Å². The summed E-state index contributed by atoms with van der Waals surface area (Å²) in [6.45, 7) is 1.71. The molecule has 3 aromatic carbocycles. The van der Waals surface area contributed by atoms with Gasteiger partial charge in [0.1, 0.15) is 5.82 Å². The Bertz CT molecular complexity index is 1460. The van der Waals surface area contributed by atoms with Gasteiger partial charge < -0.3 is 0 Å². The number of halogens is 2. The van der Waals surface area contributed by atoms with Gasteiger partial charge in [0.15, 0.2) is 5.78 Å². The van der Waals surface area contributed by atoms with Gasteiger partial charge in [-0.3, -0.25) is 14.5 Å². The first-order chi connectivity index (χ1) is 15.8. The van der Waals surface area contributed by atoms with E-state index in [0.717, 1.165) is 11.6 Å². The third-order valence-corrected chi connectivity index (χ3v) is 6.80. The maximum Gasteiger partial charge on any atom is 0.232 e. The second kappa shape index (κ2) is 9.25. The number of hydrogen-bond acceptors (Lipinski definition) is 5. The maximum atomic E-state index is 14.6. The molecule has 0 fully saturated rings. The molecule has 9 heteroatoms. The summed E-state index contributed by atoms with van der Waals surface area (Å²) < 4.78 is 41.2. The van der Waals surface area contributed by atoms with E-state index in [1.54, 1.807) is 19.2 Å². The molecule has 1 heterocycles. The molecule has 0 bridgehead atoms. The van der Waals surface area contributed by atoms with Crippen LogP contribution in [0.5, 0.6) is 0 Å². The van der Waals surface area contributed by atoms with Crippen LogP contribution in [0.2, 0.25) is 5.02 Å². The Morgan fingerprint density at radius 3 is 2.55 bits per heavy atom. The van der Waals surface area contributed by atoms with Crippen LogP contribution in [-0.4, -0.2) is 29.9 Å². The number of hydrogen-bond donors (Lipinski definition) is 1. The minimum absolute atomic E-state index is 0.0539. The molecule has 0 radical (unpaired) electrons. The zero-order valence-corrected chi connectivity index (χ0v) is 19.1. The quantitative estimate of drug-likeness (QED) is 0.352. The molecule has 33 heavy (non-hydrogen) atoms. The lowest BCUT2D eigenvalue weighted by molar-refractivity contribution is 0.103. The van der Waals surface area contributed by atoms with Crippen LogP contribution in [0.25, 0.3) is 22.3 Å². The van der Waals surface area contributed by atoms with Crippen LogP contribution in [0.1, 0.15) is 29.3 Å². The van der Waals surface area contributed by atoms with E-state index in [1.807, 2.05) is 30.3 Å². The number of rotatable bonds is 7. The van der Waals surface area contributed by atoms with Gasteiger partial charge in [0.05, 0.1) is 45.0 Å². The molecule has 0 spiro atoms. The van der Waals surface area contributed by atoms with Crippen molar-refractivity contribution in [2.24, 2.45) is 0 Å². The molecule has 6 nitrogen and oxygen atoms in total. The molecule has 0 unspecified atom stereocenters. The van der Waals surface area contributed by atoms with Crippen molar-refractivity contribution >= 4 is 44.1 Å². The van der Waals surface area contributed by atoms with Gasteiger partial charge in [0.2, 0.25) is 10.0 Å². The van der Waals surface area contributed by atoms with Crippen LogP contribution in [-0.2, 0) is 10.0 Å². The number of nitrogens with zero attached hydrogens (tertiary/aromatic N) is 2. The van der Waals surface area contributed by atoms with Crippen molar-refractivity contribution in [2.45, 2.75) is 13.3 Å². The summed E-state index contributed by atoms with van der Waals surface area (Å²) in [7, 11) is -3.67. The SMILES string of the molecule is CCCS(=O)(=O)Nc1ccc(F)c(C(=O)c2ccc3ncc(-c4ccccc4)nc3c2)c1Cl. The van der Waals surface area contributed by atoms with Gasteiger partial charge in [0.25, 0.3) is 0 Å². The van der Waals surface area contributed by atoms with E-state index >= 15 is 0 Å². The summed E-state index contributed by atoms with van der Waals surface area (Å²) in [5.74, 6) is -1.67. The largest absolute Gasteiger partial charge is 0.288 e. The first-order valence-electron chi connectivity index (χ1n) is 10.1. The molecule has 0 aliphatic carbocycles. The van der Waals surface area contributed by atoms with Gasteiger partial charge >= 0.3 is 0 Å². The van der Waals surface area contributed by atoms with E-state index in [4.69, 9.17) is 11.6 Å². The maximum absolute atomic E-state index is 14.6. The highest BCUT2D eigenvalue weighted by molar-refractivity contribution is 7.92. The number of benzene rings is 3. The van der Waals surface area contributed by atoms with Crippen molar-refractivity contribution in [1.29, 1.82) is 0 Å². The van der Waals surface area contributed by atoms with Crippen molar-refractivity contribution < 1.29 is 17.6 Å². The zero-order valence-electron chi connectivity index (χ0n) is 17.5. The molecule has 1 aromatic heterocycles. The summed E-state index contributed by atoms with van der Waals surface area (Å²) in [6, 6.07) is 16.3. The Hall–Kier alpha value is -3.36. The lowest BCUT2D eigenvalue weighted by Crippen LogP contribution is -2.17. The monoisotopic (exact) mass is 483 g/mol. The Labute approximate surface area is 195 Å². The molecule has 0 saturated carbocycles. The Morgan fingerprint density at radius 2 is 1.82 bits per heavy atom. The van der Waals surface area contributed by atoms with Gasteiger partial charge in [0, 0.05) is 11.1 Å². The van der Waals surface area contributed by atoms with Crippen molar-refractivity contribution in [1.82, 2.24) is 9.97 Å². The third kappa shape index (κ3) is 4.86. The van der Waals surface area contributed by atoms with Crippen LogP contribution in [0.4, 0.5) is 10.1 Å². The normalized spacial score (nSPS) is 11.5. The highest BCUT2D eigenvalue weighted by atomic mass is 35.5. The summed E-state index contributed by atoms with van der Waals surface area (Å²) in [4.78, 5) is 22.1. The summed E-state index contributed by atoms with van der Waals surface area (Å²) in [5.41, 5.74) is 2.20. The van der Waals surface area contributed by atoms with Crippen LogP contribution >= 0.6 is 11.6 Å². The number of aromatic nitrogens is 2. The number of carbonyl (C=O) groups is 1. The number of ketones is 1. The Balaban J connectivity index is 1.74. The first kappa shape index (κ1) is 22.8. The van der Waals surface area contributed by atoms with E-state index in [2.05, 4.69) is 14.7 Å². The molecule has 4 rings (SSSR count). The molecule has 168 valence electrons. The first-order valence-corrected chi connectivity index (χ1v) is 12.2. The summed E-state index contributed by atoms with van der Waals surface area (Å²) in [6.07, 6.45) is 2.03. The van der Waals surface area contributed by atoms with Gasteiger partial charge in [-0.05, 0) is 36.8 Å². The van der Waals surface area contributed by atoms with Crippen molar-refractivity contribution in [3.63, 3.8) is 0 Å². The fourth-order valence-electron chi connectivity index (χ4n) is 3.37. The highest BCUT2D eigenvalue weighted by Gasteiger charge is 2.23. The van der Waals surface area contributed by atoms with E-state index < -0.39 is 27.2 Å². The predicted octanol–water partition coefficient (Wildman–Crippen LogP) is 5.47. The molecule has 4 aromatic rings. The van der Waals surface area contributed by atoms with Crippen LogP contribution in [0.15, 0.2) is 66.9 Å². The lowest BCUT2D eigenvalue weighted by Gasteiger charge is -2.13. The number of carbonyl (C=O) groups excluding carboxylic acids is 1. The van der Waals surface area contributed by atoms with E-state index in [-0.39, 0.29) is 22.0 Å². The Morgan fingerprint density at radius 1 is 1.06 bits per heavy atom. The zero-order chi connectivity index (χ0) is 23.6. The van der Waals surface area contributed by atoms with E-state index in [9.17, 15) is 17.6 Å². The van der Waals surface area contributed by atoms with E-state index in [1.165, 1.54) is 18.2 Å². The average Bonchev–Trinajstić information content (AvgIpc) is 2.80. The van der Waals surface area contributed by atoms with Crippen LogP contribution in [0.3, 0.4) is 0 Å². The minimum atomic E-state index is -3.67. The third-order valence-electron chi connectivity index (χ3n) is 4.93. The topological polar surface area (TPSA) is 89.0 Å². The molecule has 0 atom stereocenters. The smallest absolute Gasteiger partial charge is 0.232 e. The molecule has 0 saturated heterocycles. The average molecular weight is 484 g/mol. The van der Waals surface area contributed by atoms with Gasteiger partial charge in [-0.25, -0.2) is 17.8 Å². The van der Waals surface area contributed by atoms with Gasteiger partial charge in [-0.1, -0.05) is 48.9 Å². The van der Waals surface area contributed by atoms with Crippen molar-refractivity contribution in [2.75, 3.05) is 10.5 Å². The fourth-order valence-corrected chi connectivity index (χ4v) is 4.86. The molecular formula is C24H19ClFN3O3S. The molecule has 0 aliphatic heterocycles. The molecular weight excluding hydrogens is 465 g/mol. The molecule has 0 amide bonds. The standard InChI is InChI=1S/C24H19ClFN3O3S/c1-2-12-33(31,32)29-19-11-9-17(26)22(23(19)25)24(30)16-8-10-18-20(13-16)28-21(14-27-18)15-6-4-3-5-7-15/h3-11,13-14,29H,2,12H2,1H3. The van der Waals surface area contributed by atoms with Crippen molar-refractivity contribution in [3.8, 4) is 11.3 Å². The molecule has 1 N–H and O–H groups in total. The lowest BCUT2D eigenvalue weighted by atomic mass is 10.0. The number of sulfonamides is 1. The Kier molecular flexibility index (Phi) is 6.40. The van der Waals surface area contributed by atoms with Crippen molar-refractivity contribution in [3.05, 3.63) is 88.8 Å². The fraction of sp³-hybridized carbons (Fsp3) is 0.125. The minimum Gasteiger partial charge on any atom is -0.288 e. The summed E-state index contributed by atoms with van der Waals surface area (Å²) in [5, 5.41) is -0.302. The highest BCUT2D eigenvalue weighted by Crippen LogP contribution is 2.31. The van der Waals surface area contributed by atoms with E-state index in [0.29, 0.717) is 23.1 Å². The second-order valence-corrected chi connectivity index (χ2v) is 9.58. The second-order valence-electron chi connectivity index (χ2n) is 7.36. The summed E-state index contributed by atoms with van der Waals surface area (Å²) >= 11 is 6.27. The predicted molar refractivity (Wildman–Crippen MR) is 128 cm³/mol. The number of fused-ring (bicyclic) bond motifs is 1. The van der Waals surface area contributed by atoms with Crippen LogP contribution < -0.4 is 4.72 Å². The van der Waals surface area contributed by atoms with Crippen LogP contribution in [0, 0.1) is 5.82 Å².